The van der Waals surface area contributed by atoms with E-state index in [0.717, 1.165) is 5.56 Å². The van der Waals surface area contributed by atoms with E-state index in [1.807, 2.05) is 0 Å². The van der Waals surface area contributed by atoms with Crippen LogP contribution in [-0.4, -0.2) is 10.2 Å². The Morgan fingerprint density at radius 2 is 2.07 bits per heavy atom. The van der Waals surface area contributed by atoms with Crippen molar-refractivity contribution >= 4 is 15.9 Å². The minimum Gasteiger partial charge on any atom is -0.268 e. The van der Waals surface area contributed by atoms with E-state index < -0.39 is 0 Å². The van der Waals surface area contributed by atoms with Crippen molar-refractivity contribution < 1.29 is 4.39 Å². The maximum Gasteiger partial charge on any atom is 0.264 e. The molecule has 0 aliphatic heterocycles. The lowest BCUT2D eigenvalue weighted by atomic mass is 10.1. The normalized spacial score (nSPS) is 10.3. The number of aromatic nitrogens is 2. The third-order valence-electron chi connectivity index (χ3n) is 1.89. The van der Waals surface area contributed by atoms with Crippen LogP contribution in [0, 0.1) is 5.82 Å². The Morgan fingerprint density at radius 3 is 2.67 bits per heavy atom. The molecular weight excluding hydrogens is 263 g/mol. The molecule has 0 saturated heterocycles. The van der Waals surface area contributed by atoms with Gasteiger partial charge in [0.15, 0.2) is 0 Å². The van der Waals surface area contributed by atoms with E-state index in [1.165, 1.54) is 12.1 Å². The van der Waals surface area contributed by atoms with Crippen molar-refractivity contribution in [1.82, 2.24) is 10.2 Å². The van der Waals surface area contributed by atoms with E-state index in [2.05, 4.69) is 26.1 Å². The van der Waals surface area contributed by atoms with Crippen LogP contribution in [0.5, 0.6) is 0 Å². The minimum absolute atomic E-state index is 0.264. The number of nitrogens with one attached hydrogen (secondary N) is 1. The summed E-state index contributed by atoms with van der Waals surface area (Å²) < 4.78 is 13.3. The highest BCUT2D eigenvalue weighted by atomic mass is 79.9. The van der Waals surface area contributed by atoms with Crippen LogP contribution in [-0.2, 0) is 0 Å². The van der Waals surface area contributed by atoms with Gasteiger partial charge in [0.1, 0.15) is 5.82 Å². The van der Waals surface area contributed by atoms with Gasteiger partial charge in [0.05, 0.1) is 10.2 Å². The number of H-pyrrole nitrogens is 1. The second kappa shape index (κ2) is 3.94. The quantitative estimate of drug-likeness (QED) is 0.863. The molecule has 2 aromatic rings. The van der Waals surface area contributed by atoms with E-state index >= 15 is 0 Å². The zero-order valence-corrected chi connectivity index (χ0v) is 9.08. The van der Waals surface area contributed by atoms with Crippen LogP contribution >= 0.6 is 15.9 Å². The molecule has 1 heterocycles. The lowest BCUT2D eigenvalue weighted by molar-refractivity contribution is 0.621. The van der Waals surface area contributed by atoms with Gasteiger partial charge in [0.25, 0.3) is 5.56 Å². The van der Waals surface area contributed by atoms with Gasteiger partial charge in [-0.05, 0) is 40.2 Å². The molecule has 0 saturated carbocycles. The Kier molecular flexibility index (Phi) is 2.64. The van der Waals surface area contributed by atoms with Crippen molar-refractivity contribution in [2.45, 2.75) is 0 Å². The molecule has 1 aromatic carbocycles. The monoisotopic (exact) mass is 268 g/mol. The molecule has 0 bridgehead atoms. The van der Waals surface area contributed by atoms with Crippen LogP contribution < -0.4 is 5.56 Å². The molecular formula is C10H6BrFN2O. The second-order valence-electron chi connectivity index (χ2n) is 2.94. The van der Waals surface area contributed by atoms with Crippen molar-refractivity contribution in [1.29, 1.82) is 0 Å². The zero-order chi connectivity index (χ0) is 10.8. The molecule has 0 unspecified atom stereocenters. The molecule has 0 aliphatic carbocycles. The Morgan fingerprint density at radius 1 is 1.27 bits per heavy atom. The van der Waals surface area contributed by atoms with E-state index in [9.17, 15) is 9.18 Å². The van der Waals surface area contributed by atoms with Gasteiger partial charge in [-0.1, -0.05) is 0 Å². The van der Waals surface area contributed by atoms with Gasteiger partial charge < -0.3 is 0 Å². The highest BCUT2D eigenvalue weighted by Crippen LogP contribution is 2.22. The van der Waals surface area contributed by atoms with Crippen LogP contribution in [0.3, 0.4) is 0 Å². The standard InChI is InChI=1S/C10H6BrFN2O/c11-7-5-6(1-2-8(7)12)9-3-4-10(15)14-13-9/h1-5H,(H,14,15). The Labute approximate surface area is 93.1 Å². The van der Waals surface area contributed by atoms with Crippen molar-refractivity contribution in [3.8, 4) is 11.3 Å². The summed E-state index contributed by atoms with van der Waals surface area (Å²) in [5, 5.41) is 6.16. The summed E-state index contributed by atoms with van der Waals surface area (Å²) in [6.07, 6.45) is 0. The highest BCUT2D eigenvalue weighted by molar-refractivity contribution is 9.10. The fourth-order valence-electron chi connectivity index (χ4n) is 1.16. The zero-order valence-electron chi connectivity index (χ0n) is 7.50. The molecule has 3 nitrogen and oxygen atoms in total. The maximum atomic E-state index is 13.0. The predicted octanol–water partition coefficient (Wildman–Crippen LogP) is 2.34. The molecule has 2 rings (SSSR count). The van der Waals surface area contributed by atoms with E-state index in [1.54, 1.807) is 18.2 Å². The molecule has 76 valence electrons. The first-order chi connectivity index (χ1) is 7.16. The SMILES string of the molecule is O=c1ccc(-c2ccc(F)c(Br)c2)n[nH]1. The molecule has 0 spiro atoms. The van der Waals surface area contributed by atoms with Gasteiger partial charge in [-0.3, -0.25) is 4.79 Å². The Hall–Kier alpha value is -1.49. The first-order valence-corrected chi connectivity index (χ1v) is 4.97. The summed E-state index contributed by atoms with van der Waals surface area (Å²) >= 11 is 3.08. The third kappa shape index (κ3) is 2.12. The van der Waals surface area contributed by atoms with E-state index in [0.29, 0.717) is 10.2 Å². The summed E-state index contributed by atoms with van der Waals surface area (Å²) in [4.78, 5) is 10.8. The molecule has 0 radical (unpaired) electrons. The molecule has 0 atom stereocenters. The summed E-state index contributed by atoms with van der Waals surface area (Å²) in [5.41, 5.74) is 1.06. The molecule has 1 N–H and O–H groups in total. The highest BCUT2D eigenvalue weighted by Gasteiger charge is 2.03. The fraction of sp³-hybridized carbons (Fsp3) is 0. The van der Waals surface area contributed by atoms with Crippen LogP contribution in [0.15, 0.2) is 39.6 Å². The lowest BCUT2D eigenvalue weighted by Crippen LogP contribution is -2.05. The number of benzene rings is 1. The maximum absolute atomic E-state index is 13.0. The largest absolute Gasteiger partial charge is 0.268 e. The predicted molar refractivity (Wildman–Crippen MR) is 58.0 cm³/mol. The van der Waals surface area contributed by atoms with Gasteiger partial charge in [-0.2, -0.15) is 5.10 Å². The van der Waals surface area contributed by atoms with Crippen LogP contribution in [0.25, 0.3) is 11.3 Å². The average Bonchev–Trinajstić information content (AvgIpc) is 2.23. The third-order valence-corrected chi connectivity index (χ3v) is 2.50. The smallest absolute Gasteiger partial charge is 0.264 e. The van der Waals surface area contributed by atoms with Gasteiger partial charge in [0, 0.05) is 11.6 Å². The Balaban J connectivity index is 2.50. The summed E-state index contributed by atoms with van der Waals surface area (Å²) in [6.45, 7) is 0. The summed E-state index contributed by atoms with van der Waals surface area (Å²) in [7, 11) is 0. The van der Waals surface area contributed by atoms with Gasteiger partial charge in [0.2, 0.25) is 0 Å². The Bertz CT molecular complexity index is 533. The first kappa shape index (κ1) is 10.0. The second-order valence-corrected chi connectivity index (χ2v) is 3.79. The molecule has 1 aromatic heterocycles. The summed E-state index contributed by atoms with van der Waals surface area (Å²) in [5.74, 6) is -0.330. The number of nitrogens with zero attached hydrogens (tertiary/aromatic N) is 1. The topological polar surface area (TPSA) is 45.8 Å². The number of hydrogen-bond acceptors (Lipinski definition) is 2. The number of rotatable bonds is 1. The molecule has 0 amide bonds. The first-order valence-electron chi connectivity index (χ1n) is 4.18. The number of halogens is 2. The molecule has 0 aliphatic rings. The van der Waals surface area contributed by atoms with Crippen molar-refractivity contribution in [3.63, 3.8) is 0 Å². The van der Waals surface area contributed by atoms with Gasteiger partial charge in [-0.25, -0.2) is 9.49 Å². The van der Waals surface area contributed by atoms with E-state index in [4.69, 9.17) is 0 Å². The lowest BCUT2D eigenvalue weighted by Gasteiger charge is -2.00. The molecule has 0 fully saturated rings. The molecule has 5 heteroatoms. The van der Waals surface area contributed by atoms with Crippen molar-refractivity contribution in [3.05, 3.63) is 51.0 Å². The van der Waals surface area contributed by atoms with Crippen molar-refractivity contribution in [2.75, 3.05) is 0 Å². The minimum atomic E-state index is -0.330. The van der Waals surface area contributed by atoms with Gasteiger partial charge in [-0.15, -0.1) is 0 Å². The van der Waals surface area contributed by atoms with E-state index in [-0.39, 0.29) is 11.4 Å². The number of hydrogen-bond donors (Lipinski definition) is 1. The van der Waals surface area contributed by atoms with Crippen LogP contribution in [0.1, 0.15) is 0 Å². The fourth-order valence-corrected chi connectivity index (χ4v) is 1.54. The van der Waals surface area contributed by atoms with Crippen LogP contribution in [0.4, 0.5) is 4.39 Å². The summed E-state index contributed by atoms with van der Waals surface area (Å²) in [6, 6.07) is 7.50. The molecule has 15 heavy (non-hydrogen) atoms. The van der Waals surface area contributed by atoms with Crippen LogP contribution in [0.2, 0.25) is 0 Å². The average molecular weight is 269 g/mol. The number of aromatic amines is 1. The van der Waals surface area contributed by atoms with Crippen molar-refractivity contribution in [2.24, 2.45) is 0 Å². The van der Waals surface area contributed by atoms with Gasteiger partial charge >= 0.3 is 0 Å².